The molecule has 1 aliphatic rings. The van der Waals surface area contributed by atoms with E-state index in [4.69, 9.17) is 4.98 Å². The summed E-state index contributed by atoms with van der Waals surface area (Å²) in [6, 6.07) is 17.8. The molecular formula is C28H35N3O2. The number of piperidine rings is 1. The van der Waals surface area contributed by atoms with Crippen LogP contribution in [-0.2, 0) is 0 Å². The van der Waals surface area contributed by atoms with E-state index in [1.165, 1.54) is 0 Å². The van der Waals surface area contributed by atoms with Crippen molar-refractivity contribution in [2.24, 2.45) is 0 Å². The number of hydrogen-bond donors (Lipinski definition) is 2. The minimum absolute atomic E-state index is 0.0560. The van der Waals surface area contributed by atoms with Crippen LogP contribution in [0.25, 0.3) is 22.2 Å². The molecule has 0 radical (unpaired) electrons. The molecule has 2 heterocycles. The quantitative estimate of drug-likeness (QED) is 0.491. The minimum Gasteiger partial charge on any atom is -0.387 e. The molecule has 1 amide bonds. The Kier molecular flexibility index (Phi) is 7.73. The van der Waals surface area contributed by atoms with Crippen molar-refractivity contribution in [2.45, 2.75) is 58.1 Å². The molecule has 2 atom stereocenters. The Morgan fingerprint density at radius 2 is 1.82 bits per heavy atom. The first-order chi connectivity index (χ1) is 16.1. The third-order valence-corrected chi connectivity index (χ3v) is 6.50. The lowest BCUT2D eigenvalue weighted by atomic mass is 9.92. The number of benzene rings is 2. The summed E-state index contributed by atoms with van der Waals surface area (Å²) >= 11 is 0. The number of nitrogens with zero attached hydrogens (tertiary/aromatic N) is 2. The van der Waals surface area contributed by atoms with Gasteiger partial charge in [0.2, 0.25) is 0 Å². The summed E-state index contributed by atoms with van der Waals surface area (Å²) in [5, 5.41) is 15.7. The van der Waals surface area contributed by atoms with E-state index in [0.717, 1.165) is 79.5 Å². The van der Waals surface area contributed by atoms with Gasteiger partial charge in [-0.3, -0.25) is 4.79 Å². The molecule has 5 nitrogen and oxygen atoms in total. The normalized spacial score (nSPS) is 17.1. The fourth-order valence-electron chi connectivity index (χ4n) is 4.78. The summed E-state index contributed by atoms with van der Waals surface area (Å²) in [5.41, 5.74) is 4.24. The molecule has 4 rings (SSSR count). The van der Waals surface area contributed by atoms with Crippen LogP contribution in [0.2, 0.25) is 0 Å². The molecule has 1 saturated heterocycles. The number of para-hydroxylation sites is 1. The summed E-state index contributed by atoms with van der Waals surface area (Å²) in [6.07, 6.45) is 4.57. The highest BCUT2D eigenvalue weighted by molar-refractivity contribution is 5.95. The number of fused-ring (bicyclic) bond motifs is 1. The topological polar surface area (TPSA) is 65.5 Å². The SMILES string of the molecule is CCCN(CCC)C(=O)c1ccc(-c2cc([C@@H](O)[C@@H]3CCCCN3)c3ccccc3n2)cc1. The van der Waals surface area contributed by atoms with Gasteiger partial charge in [0.05, 0.1) is 17.3 Å². The van der Waals surface area contributed by atoms with Crippen LogP contribution in [0.5, 0.6) is 0 Å². The Morgan fingerprint density at radius 3 is 2.48 bits per heavy atom. The maximum atomic E-state index is 12.9. The number of amides is 1. The second-order valence-corrected chi connectivity index (χ2v) is 8.98. The van der Waals surface area contributed by atoms with E-state index in [1.54, 1.807) is 0 Å². The van der Waals surface area contributed by atoms with E-state index >= 15 is 0 Å². The van der Waals surface area contributed by atoms with Crippen molar-refractivity contribution in [3.05, 3.63) is 65.7 Å². The van der Waals surface area contributed by atoms with Crippen molar-refractivity contribution in [1.29, 1.82) is 0 Å². The van der Waals surface area contributed by atoms with Crippen LogP contribution in [0, 0.1) is 0 Å². The number of aliphatic hydroxyl groups is 1. The van der Waals surface area contributed by atoms with Gasteiger partial charge in [0, 0.05) is 35.6 Å². The van der Waals surface area contributed by atoms with E-state index in [2.05, 4.69) is 19.2 Å². The molecule has 1 fully saturated rings. The standard InChI is InChI=1S/C28H35N3O2/c1-3-17-31(18-4-2)28(33)21-14-12-20(13-15-21)26-19-23(22-9-5-6-10-24(22)30-26)27(32)25-11-7-8-16-29-25/h5-6,9-10,12-15,19,25,27,29,32H,3-4,7-8,11,16-18H2,1-2H3/t25-,27+/m0/s1. The number of aliphatic hydroxyl groups excluding tert-OH is 1. The zero-order chi connectivity index (χ0) is 23.2. The molecular weight excluding hydrogens is 410 g/mol. The lowest BCUT2D eigenvalue weighted by Gasteiger charge is -2.29. The third-order valence-electron chi connectivity index (χ3n) is 6.50. The minimum atomic E-state index is -0.588. The summed E-state index contributed by atoms with van der Waals surface area (Å²) in [5.74, 6) is 0.0798. The van der Waals surface area contributed by atoms with Crippen molar-refractivity contribution in [1.82, 2.24) is 15.2 Å². The lowest BCUT2D eigenvalue weighted by molar-refractivity contribution is 0.0755. The molecule has 33 heavy (non-hydrogen) atoms. The van der Waals surface area contributed by atoms with Gasteiger partial charge in [0.25, 0.3) is 5.91 Å². The summed E-state index contributed by atoms with van der Waals surface area (Å²) in [7, 11) is 0. The average Bonchev–Trinajstić information content (AvgIpc) is 2.87. The van der Waals surface area contributed by atoms with Crippen molar-refractivity contribution in [3.8, 4) is 11.3 Å². The number of nitrogens with one attached hydrogen (secondary N) is 1. The molecule has 0 bridgehead atoms. The summed E-state index contributed by atoms with van der Waals surface area (Å²) in [6.45, 7) is 6.69. The van der Waals surface area contributed by atoms with E-state index in [-0.39, 0.29) is 11.9 Å². The van der Waals surface area contributed by atoms with Crippen LogP contribution in [0.15, 0.2) is 54.6 Å². The van der Waals surface area contributed by atoms with E-state index in [9.17, 15) is 9.90 Å². The first-order valence-corrected chi connectivity index (χ1v) is 12.3. The number of rotatable bonds is 8. The Hall–Kier alpha value is -2.76. The number of pyridine rings is 1. The first-order valence-electron chi connectivity index (χ1n) is 12.3. The smallest absolute Gasteiger partial charge is 0.253 e. The average molecular weight is 446 g/mol. The van der Waals surface area contributed by atoms with Crippen LogP contribution in [0.1, 0.15) is 68.0 Å². The fourth-order valence-corrected chi connectivity index (χ4v) is 4.78. The van der Waals surface area contributed by atoms with Crippen LogP contribution in [-0.4, -0.2) is 46.6 Å². The number of aromatic nitrogens is 1. The van der Waals surface area contributed by atoms with Gasteiger partial charge in [-0.15, -0.1) is 0 Å². The van der Waals surface area contributed by atoms with Crippen molar-refractivity contribution < 1.29 is 9.90 Å². The first kappa shape index (κ1) is 23.4. The van der Waals surface area contributed by atoms with Crippen molar-refractivity contribution in [3.63, 3.8) is 0 Å². The maximum absolute atomic E-state index is 12.9. The van der Waals surface area contributed by atoms with Crippen LogP contribution >= 0.6 is 0 Å². The Bertz CT molecular complexity index is 1070. The molecule has 1 aromatic heterocycles. The van der Waals surface area contributed by atoms with Gasteiger partial charge in [-0.2, -0.15) is 0 Å². The Morgan fingerprint density at radius 1 is 1.09 bits per heavy atom. The fraction of sp³-hybridized carbons (Fsp3) is 0.429. The Labute approximate surface area is 196 Å². The van der Waals surface area contributed by atoms with E-state index in [1.807, 2.05) is 59.5 Å². The largest absolute Gasteiger partial charge is 0.387 e. The van der Waals surface area contributed by atoms with Crippen molar-refractivity contribution in [2.75, 3.05) is 19.6 Å². The second-order valence-electron chi connectivity index (χ2n) is 8.98. The number of hydrogen-bond acceptors (Lipinski definition) is 4. The van der Waals surface area contributed by atoms with Crippen LogP contribution in [0.3, 0.4) is 0 Å². The van der Waals surface area contributed by atoms with Gasteiger partial charge < -0.3 is 15.3 Å². The van der Waals surface area contributed by atoms with Gasteiger partial charge in [-0.25, -0.2) is 4.98 Å². The molecule has 2 aromatic carbocycles. The highest BCUT2D eigenvalue weighted by Gasteiger charge is 2.25. The molecule has 5 heteroatoms. The molecule has 0 spiro atoms. The molecule has 0 aliphatic carbocycles. The monoisotopic (exact) mass is 445 g/mol. The molecule has 3 aromatic rings. The zero-order valence-corrected chi connectivity index (χ0v) is 19.8. The summed E-state index contributed by atoms with van der Waals surface area (Å²) in [4.78, 5) is 19.7. The van der Waals surface area contributed by atoms with Gasteiger partial charge in [-0.05, 0) is 62.1 Å². The highest BCUT2D eigenvalue weighted by Crippen LogP contribution is 2.32. The third kappa shape index (κ3) is 5.26. The molecule has 2 N–H and O–H groups in total. The van der Waals surface area contributed by atoms with Crippen LogP contribution in [0.4, 0.5) is 0 Å². The zero-order valence-electron chi connectivity index (χ0n) is 19.8. The molecule has 174 valence electrons. The highest BCUT2D eigenvalue weighted by atomic mass is 16.3. The predicted molar refractivity (Wildman–Crippen MR) is 134 cm³/mol. The lowest BCUT2D eigenvalue weighted by Crippen LogP contribution is -2.38. The maximum Gasteiger partial charge on any atom is 0.253 e. The molecule has 1 aliphatic heterocycles. The number of carbonyl (C=O) groups excluding carboxylic acids is 1. The van der Waals surface area contributed by atoms with Gasteiger partial charge in [0.1, 0.15) is 0 Å². The predicted octanol–water partition coefficient (Wildman–Crippen LogP) is 5.34. The van der Waals surface area contributed by atoms with E-state index in [0.29, 0.717) is 5.56 Å². The van der Waals surface area contributed by atoms with Gasteiger partial charge in [0.15, 0.2) is 0 Å². The summed E-state index contributed by atoms with van der Waals surface area (Å²) < 4.78 is 0. The molecule has 0 unspecified atom stereocenters. The second kappa shape index (κ2) is 10.9. The van der Waals surface area contributed by atoms with Gasteiger partial charge >= 0.3 is 0 Å². The van der Waals surface area contributed by atoms with E-state index < -0.39 is 6.10 Å². The Balaban J connectivity index is 1.66. The van der Waals surface area contributed by atoms with Gasteiger partial charge in [-0.1, -0.05) is 50.6 Å². The van der Waals surface area contributed by atoms with Crippen LogP contribution < -0.4 is 5.32 Å². The molecule has 0 saturated carbocycles. The van der Waals surface area contributed by atoms with Crippen molar-refractivity contribution >= 4 is 16.8 Å². The number of carbonyl (C=O) groups is 1.